The van der Waals surface area contributed by atoms with Gasteiger partial charge in [-0.05, 0) is 41.5 Å². The molecule has 4 rings (SSSR count). The molecule has 2 N–H and O–H groups in total. The summed E-state index contributed by atoms with van der Waals surface area (Å²) in [5.74, 6) is -0.872. The third-order valence-corrected chi connectivity index (χ3v) is 6.16. The summed E-state index contributed by atoms with van der Waals surface area (Å²) in [5, 5.41) is 4.99. The van der Waals surface area contributed by atoms with E-state index >= 15 is 0 Å². The zero-order valence-electron chi connectivity index (χ0n) is 19.3. The van der Waals surface area contributed by atoms with Gasteiger partial charge in [0.2, 0.25) is 5.91 Å². The normalized spacial score (nSPS) is 15.1. The Bertz CT molecular complexity index is 1000. The first-order valence-corrected chi connectivity index (χ1v) is 11.7. The molecule has 2 aromatic rings. The van der Waals surface area contributed by atoms with Crippen molar-refractivity contribution in [3.63, 3.8) is 0 Å². The van der Waals surface area contributed by atoms with Crippen molar-refractivity contribution in [1.29, 1.82) is 0 Å². The number of ether oxygens (including phenoxy) is 3. The molecule has 0 unspecified atom stereocenters. The van der Waals surface area contributed by atoms with Gasteiger partial charge in [0.1, 0.15) is 19.9 Å². The molecular weight excluding hydrogens is 436 g/mol. The van der Waals surface area contributed by atoms with E-state index in [2.05, 4.69) is 22.8 Å². The summed E-state index contributed by atoms with van der Waals surface area (Å²) < 4.78 is 16.2. The Hall–Kier alpha value is -3.39. The molecular formula is C26H30N2O6. The number of hydrogen-bond acceptors (Lipinski definition) is 6. The number of unbranched alkanes of at least 4 members (excludes halogenated alkanes) is 1. The lowest BCUT2D eigenvalue weighted by Gasteiger charge is -2.16. The minimum absolute atomic E-state index is 0.0489. The summed E-state index contributed by atoms with van der Waals surface area (Å²) in [7, 11) is 0. The molecule has 2 aliphatic rings. The van der Waals surface area contributed by atoms with Gasteiger partial charge in [-0.3, -0.25) is 4.79 Å². The van der Waals surface area contributed by atoms with E-state index in [1.807, 2.05) is 43.3 Å². The van der Waals surface area contributed by atoms with E-state index < -0.39 is 17.6 Å². The molecule has 0 radical (unpaired) electrons. The van der Waals surface area contributed by atoms with Crippen LogP contribution in [0.3, 0.4) is 0 Å². The van der Waals surface area contributed by atoms with Gasteiger partial charge in [-0.2, -0.15) is 0 Å². The number of benzene rings is 2. The SMILES string of the molecule is CCCCOC(=O)C1(OCNC(=O)CNC(=O)OCC2c3ccccc3-c3ccccc32)CC1. The lowest BCUT2D eigenvalue weighted by atomic mass is 9.98. The smallest absolute Gasteiger partial charge is 0.407 e. The average Bonchev–Trinajstić information content (AvgIpc) is 3.58. The van der Waals surface area contributed by atoms with Crippen LogP contribution in [-0.4, -0.2) is 50.1 Å². The van der Waals surface area contributed by atoms with Crippen LogP contribution in [0, 0.1) is 0 Å². The van der Waals surface area contributed by atoms with Crippen LogP contribution in [0.5, 0.6) is 0 Å². The largest absolute Gasteiger partial charge is 0.464 e. The highest BCUT2D eigenvalue weighted by molar-refractivity contribution is 5.84. The molecule has 0 bridgehead atoms. The summed E-state index contributed by atoms with van der Waals surface area (Å²) in [6.45, 7) is 2.18. The van der Waals surface area contributed by atoms with E-state index in [-0.39, 0.29) is 31.8 Å². The number of amides is 2. The van der Waals surface area contributed by atoms with Gasteiger partial charge < -0.3 is 24.8 Å². The van der Waals surface area contributed by atoms with Crippen molar-refractivity contribution < 1.29 is 28.6 Å². The van der Waals surface area contributed by atoms with Gasteiger partial charge in [0.25, 0.3) is 0 Å². The molecule has 8 heteroatoms. The number of carbonyl (C=O) groups excluding carboxylic acids is 3. The number of alkyl carbamates (subject to hydrolysis) is 1. The monoisotopic (exact) mass is 466 g/mol. The fourth-order valence-electron chi connectivity index (χ4n) is 4.08. The third kappa shape index (κ3) is 5.39. The molecule has 180 valence electrons. The zero-order valence-corrected chi connectivity index (χ0v) is 19.3. The summed E-state index contributed by atoms with van der Waals surface area (Å²) in [5.41, 5.74) is 3.59. The molecule has 2 aliphatic carbocycles. The third-order valence-electron chi connectivity index (χ3n) is 6.16. The van der Waals surface area contributed by atoms with Gasteiger partial charge in [0.15, 0.2) is 5.60 Å². The first-order chi connectivity index (χ1) is 16.5. The molecule has 0 aliphatic heterocycles. The number of rotatable bonds is 11. The highest BCUT2D eigenvalue weighted by Crippen LogP contribution is 2.44. The number of nitrogens with one attached hydrogen (secondary N) is 2. The number of esters is 1. The summed E-state index contributed by atoms with van der Waals surface area (Å²) in [6.07, 6.45) is 2.22. The number of carbonyl (C=O) groups is 3. The number of fused-ring (bicyclic) bond motifs is 3. The minimum Gasteiger partial charge on any atom is -0.464 e. The minimum atomic E-state index is -0.943. The number of hydrogen-bond donors (Lipinski definition) is 2. The lowest BCUT2D eigenvalue weighted by molar-refractivity contribution is -0.162. The van der Waals surface area contributed by atoms with Crippen molar-refractivity contribution in [2.45, 2.75) is 44.1 Å². The van der Waals surface area contributed by atoms with Crippen LogP contribution in [0.4, 0.5) is 4.79 Å². The molecule has 2 amide bonds. The van der Waals surface area contributed by atoms with Crippen molar-refractivity contribution in [2.24, 2.45) is 0 Å². The Kier molecular flexibility index (Phi) is 7.47. The predicted molar refractivity (Wildman–Crippen MR) is 125 cm³/mol. The van der Waals surface area contributed by atoms with Gasteiger partial charge in [-0.1, -0.05) is 61.9 Å². The molecule has 0 atom stereocenters. The molecule has 0 heterocycles. The van der Waals surface area contributed by atoms with E-state index in [4.69, 9.17) is 14.2 Å². The molecule has 0 saturated heterocycles. The van der Waals surface area contributed by atoms with Crippen LogP contribution in [0.2, 0.25) is 0 Å². The molecule has 2 aromatic carbocycles. The fourth-order valence-corrected chi connectivity index (χ4v) is 4.08. The van der Waals surface area contributed by atoms with Crippen molar-refractivity contribution >= 4 is 18.0 Å². The predicted octanol–water partition coefficient (Wildman–Crippen LogP) is 3.49. The fraction of sp³-hybridized carbons (Fsp3) is 0.423. The van der Waals surface area contributed by atoms with Gasteiger partial charge in [-0.15, -0.1) is 0 Å². The summed E-state index contributed by atoms with van der Waals surface area (Å²) in [4.78, 5) is 36.3. The molecule has 34 heavy (non-hydrogen) atoms. The summed E-state index contributed by atoms with van der Waals surface area (Å²) >= 11 is 0. The lowest BCUT2D eigenvalue weighted by Crippen LogP contribution is -2.40. The zero-order chi connectivity index (χ0) is 24.0. The first-order valence-electron chi connectivity index (χ1n) is 11.7. The van der Waals surface area contributed by atoms with Crippen LogP contribution >= 0.6 is 0 Å². The molecule has 0 spiro atoms. The van der Waals surface area contributed by atoms with E-state index in [1.165, 1.54) is 0 Å². The Labute approximate surface area is 199 Å². The molecule has 0 aromatic heterocycles. The van der Waals surface area contributed by atoms with Gasteiger partial charge in [0.05, 0.1) is 6.61 Å². The van der Waals surface area contributed by atoms with Crippen molar-refractivity contribution in [3.8, 4) is 11.1 Å². The average molecular weight is 467 g/mol. The van der Waals surface area contributed by atoms with Gasteiger partial charge in [-0.25, -0.2) is 9.59 Å². The maximum atomic E-state index is 12.2. The van der Waals surface area contributed by atoms with E-state index in [1.54, 1.807) is 0 Å². The van der Waals surface area contributed by atoms with Crippen LogP contribution in [0.25, 0.3) is 11.1 Å². The second-order valence-corrected chi connectivity index (χ2v) is 8.55. The van der Waals surface area contributed by atoms with Gasteiger partial charge >= 0.3 is 12.1 Å². The standard InChI is InChI=1S/C26H30N2O6/c1-2-3-14-32-24(30)26(12-13-26)34-17-28-23(29)15-27-25(31)33-16-22-20-10-6-4-8-18(20)19-9-5-7-11-21(19)22/h4-11,22H,2-3,12-17H2,1H3,(H,27,31)(H,28,29). The van der Waals surface area contributed by atoms with E-state index in [0.29, 0.717) is 19.4 Å². The summed E-state index contributed by atoms with van der Waals surface area (Å²) in [6, 6.07) is 16.2. The maximum absolute atomic E-state index is 12.2. The van der Waals surface area contributed by atoms with Crippen molar-refractivity contribution in [2.75, 3.05) is 26.5 Å². The topological polar surface area (TPSA) is 103 Å². The Balaban J connectivity index is 1.17. The van der Waals surface area contributed by atoms with Crippen LogP contribution in [0.1, 0.15) is 49.7 Å². The molecule has 1 saturated carbocycles. The van der Waals surface area contributed by atoms with Crippen molar-refractivity contribution in [1.82, 2.24) is 10.6 Å². The van der Waals surface area contributed by atoms with Gasteiger partial charge in [0, 0.05) is 5.92 Å². The maximum Gasteiger partial charge on any atom is 0.407 e. The Morgan fingerprint density at radius 3 is 2.21 bits per heavy atom. The van der Waals surface area contributed by atoms with E-state index in [9.17, 15) is 14.4 Å². The second-order valence-electron chi connectivity index (χ2n) is 8.55. The Morgan fingerprint density at radius 1 is 0.941 bits per heavy atom. The highest BCUT2D eigenvalue weighted by Gasteiger charge is 2.53. The first kappa shape index (κ1) is 23.8. The molecule has 8 nitrogen and oxygen atoms in total. The van der Waals surface area contributed by atoms with Crippen LogP contribution < -0.4 is 10.6 Å². The second kappa shape index (κ2) is 10.7. The molecule has 1 fully saturated rings. The van der Waals surface area contributed by atoms with E-state index in [0.717, 1.165) is 35.1 Å². The Morgan fingerprint density at radius 2 is 1.59 bits per heavy atom. The van der Waals surface area contributed by atoms with Crippen molar-refractivity contribution in [3.05, 3.63) is 59.7 Å². The quantitative estimate of drug-likeness (QED) is 0.299. The van der Waals surface area contributed by atoms with Crippen LogP contribution in [0.15, 0.2) is 48.5 Å². The van der Waals surface area contributed by atoms with Crippen LogP contribution in [-0.2, 0) is 23.8 Å². The highest BCUT2D eigenvalue weighted by atomic mass is 16.6.